The van der Waals surface area contributed by atoms with Gasteiger partial charge in [-0.1, -0.05) is 53.0 Å². The van der Waals surface area contributed by atoms with Crippen molar-refractivity contribution in [2.24, 2.45) is 0 Å². The number of benzene rings is 2. The summed E-state index contributed by atoms with van der Waals surface area (Å²) in [6, 6.07) is 16.8. The molecule has 0 bridgehead atoms. The highest BCUT2D eigenvalue weighted by Gasteiger charge is 2.30. The molecular formula is C24H27BrN2O. The van der Waals surface area contributed by atoms with Crippen LogP contribution in [0, 0.1) is 11.3 Å². The fraction of sp³-hybridized carbons (Fsp3) is 0.458. The van der Waals surface area contributed by atoms with Crippen LogP contribution < -0.4 is 4.74 Å². The number of para-hydroxylation sites is 1. The first-order valence-electron chi connectivity index (χ1n) is 10.4. The van der Waals surface area contributed by atoms with Crippen molar-refractivity contribution >= 4 is 15.9 Å². The molecule has 0 saturated carbocycles. The Bertz CT molecular complexity index is 852. The molecule has 0 N–H and O–H groups in total. The van der Waals surface area contributed by atoms with Gasteiger partial charge in [-0.3, -0.25) is 0 Å². The first-order valence-corrected chi connectivity index (χ1v) is 11.2. The largest absolute Gasteiger partial charge is 0.485 e. The second kappa shape index (κ2) is 9.11. The third-order valence-corrected chi connectivity index (χ3v) is 6.47. The topological polar surface area (TPSA) is 36.3 Å². The number of nitrogens with zero attached hydrogens (tertiary/aromatic N) is 2. The van der Waals surface area contributed by atoms with Crippen molar-refractivity contribution in [1.82, 2.24) is 4.90 Å². The summed E-state index contributed by atoms with van der Waals surface area (Å²) < 4.78 is 7.49. The fourth-order valence-corrected chi connectivity index (χ4v) is 4.89. The van der Waals surface area contributed by atoms with E-state index in [4.69, 9.17) is 4.74 Å². The summed E-state index contributed by atoms with van der Waals surface area (Å²) in [6.07, 6.45) is 7.47. The summed E-state index contributed by atoms with van der Waals surface area (Å²) in [7, 11) is 0. The third kappa shape index (κ3) is 4.26. The van der Waals surface area contributed by atoms with Crippen molar-refractivity contribution in [2.45, 2.75) is 50.5 Å². The van der Waals surface area contributed by atoms with Crippen LogP contribution >= 0.6 is 15.9 Å². The highest BCUT2D eigenvalue weighted by atomic mass is 79.9. The first kappa shape index (κ1) is 19.5. The van der Waals surface area contributed by atoms with Crippen molar-refractivity contribution in [2.75, 3.05) is 19.6 Å². The number of rotatable bonds is 4. The molecule has 3 nitrogen and oxygen atoms in total. The molecular weight excluding hydrogens is 412 g/mol. The van der Waals surface area contributed by atoms with Gasteiger partial charge in [0.15, 0.2) is 0 Å². The molecule has 2 unspecified atom stereocenters. The van der Waals surface area contributed by atoms with Crippen LogP contribution in [-0.2, 0) is 0 Å². The molecule has 0 aromatic heterocycles. The van der Waals surface area contributed by atoms with Crippen molar-refractivity contribution in [1.29, 1.82) is 5.26 Å². The van der Waals surface area contributed by atoms with Crippen molar-refractivity contribution in [3.05, 3.63) is 63.6 Å². The van der Waals surface area contributed by atoms with Gasteiger partial charge in [0.1, 0.15) is 17.8 Å². The van der Waals surface area contributed by atoms with Gasteiger partial charge >= 0.3 is 0 Å². The van der Waals surface area contributed by atoms with E-state index in [0.717, 1.165) is 46.3 Å². The van der Waals surface area contributed by atoms with Crippen molar-refractivity contribution in [3.63, 3.8) is 0 Å². The highest BCUT2D eigenvalue weighted by Crippen LogP contribution is 2.43. The average Bonchev–Trinajstić information content (AvgIpc) is 3.04. The van der Waals surface area contributed by atoms with Crippen LogP contribution in [-0.4, -0.2) is 24.5 Å². The monoisotopic (exact) mass is 438 g/mol. The summed E-state index contributed by atoms with van der Waals surface area (Å²) in [6.45, 7) is 3.60. The summed E-state index contributed by atoms with van der Waals surface area (Å²) in [4.78, 5) is 2.61. The minimum absolute atomic E-state index is 0.00502. The van der Waals surface area contributed by atoms with Gasteiger partial charge in [-0.25, -0.2) is 0 Å². The Morgan fingerprint density at radius 1 is 1.00 bits per heavy atom. The number of fused-ring (bicyclic) bond motifs is 2. The van der Waals surface area contributed by atoms with Gasteiger partial charge in [0.2, 0.25) is 0 Å². The van der Waals surface area contributed by atoms with Crippen LogP contribution in [0.2, 0.25) is 0 Å². The van der Waals surface area contributed by atoms with Crippen LogP contribution in [0.5, 0.6) is 5.75 Å². The quantitative estimate of drug-likeness (QED) is 0.570. The zero-order valence-electron chi connectivity index (χ0n) is 16.2. The number of hydrogen-bond donors (Lipinski definition) is 0. The molecule has 28 heavy (non-hydrogen) atoms. The van der Waals surface area contributed by atoms with Crippen molar-refractivity contribution < 1.29 is 4.74 Å². The number of hydrogen-bond acceptors (Lipinski definition) is 3. The molecule has 2 aliphatic heterocycles. The smallest absolute Gasteiger partial charge is 0.125 e. The zero-order valence-corrected chi connectivity index (χ0v) is 17.8. The van der Waals surface area contributed by atoms with E-state index in [-0.39, 0.29) is 12.0 Å². The van der Waals surface area contributed by atoms with Crippen LogP contribution in [0.25, 0.3) is 0 Å². The van der Waals surface area contributed by atoms with Gasteiger partial charge in [-0.05, 0) is 74.6 Å². The van der Waals surface area contributed by atoms with Gasteiger partial charge < -0.3 is 9.64 Å². The standard InChI is InChI=1S/C24H27BrN2O/c25-18-11-12-20-21(16-18)22(17-26)19-8-3-4-9-23(19)28-24(20)10-7-15-27-13-5-1-2-6-14-27/h3-4,8-9,11-12,16,22,24H,1-2,5-7,10,13-15H2. The molecule has 0 radical (unpaired) electrons. The highest BCUT2D eigenvalue weighted by molar-refractivity contribution is 9.10. The molecule has 2 aromatic carbocycles. The van der Waals surface area contributed by atoms with Gasteiger partial charge in [0.05, 0.1) is 6.07 Å². The van der Waals surface area contributed by atoms with Gasteiger partial charge in [0, 0.05) is 10.0 Å². The predicted molar refractivity (Wildman–Crippen MR) is 116 cm³/mol. The average molecular weight is 439 g/mol. The van der Waals surface area contributed by atoms with Crippen LogP contribution in [0.15, 0.2) is 46.9 Å². The van der Waals surface area contributed by atoms with E-state index >= 15 is 0 Å². The number of ether oxygens (including phenoxy) is 1. The molecule has 1 fully saturated rings. The van der Waals surface area contributed by atoms with E-state index in [0.29, 0.717) is 0 Å². The van der Waals surface area contributed by atoms with Gasteiger partial charge in [-0.2, -0.15) is 5.26 Å². The second-order valence-electron chi connectivity index (χ2n) is 7.88. The van der Waals surface area contributed by atoms with Gasteiger partial charge in [-0.15, -0.1) is 0 Å². The van der Waals surface area contributed by atoms with E-state index in [1.165, 1.54) is 38.8 Å². The molecule has 0 amide bonds. The third-order valence-electron chi connectivity index (χ3n) is 5.97. The first-order chi connectivity index (χ1) is 13.8. The van der Waals surface area contributed by atoms with Crippen LogP contribution in [0.4, 0.5) is 0 Å². The van der Waals surface area contributed by atoms with E-state index < -0.39 is 0 Å². The van der Waals surface area contributed by atoms with E-state index in [2.05, 4.69) is 45.1 Å². The normalized spacial score (nSPS) is 22.1. The Morgan fingerprint density at radius 2 is 1.79 bits per heavy atom. The molecule has 4 rings (SSSR count). The molecule has 146 valence electrons. The summed E-state index contributed by atoms with van der Waals surface area (Å²) in [5, 5.41) is 9.93. The molecule has 2 atom stereocenters. The summed E-state index contributed by atoms with van der Waals surface area (Å²) in [5.74, 6) is 0.556. The molecule has 4 heteroatoms. The van der Waals surface area contributed by atoms with E-state index in [1.807, 2.05) is 24.3 Å². The van der Waals surface area contributed by atoms with Gasteiger partial charge in [0.25, 0.3) is 0 Å². The maximum Gasteiger partial charge on any atom is 0.125 e. The predicted octanol–water partition coefficient (Wildman–Crippen LogP) is 6.19. The second-order valence-corrected chi connectivity index (χ2v) is 8.79. The van der Waals surface area contributed by atoms with E-state index in [9.17, 15) is 5.26 Å². The molecule has 2 heterocycles. The summed E-state index contributed by atoms with van der Waals surface area (Å²) >= 11 is 3.59. The Hall–Kier alpha value is -1.83. The molecule has 2 aromatic rings. The number of nitriles is 1. The van der Waals surface area contributed by atoms with Crippen LogP contribution in [0.3, 0.4) is 0 Å². The summed E-state index contributed by atoms with van der Waals surface area (Å²) in [5.41, 5.74) is 3.20. The Morgan fingerprint density at radius 3 is 2.57 bits per heavy atom. The lowest BCUT2D eigenvalue weighted by Crippen LogP contribution is -2.26. The molecule has 0 aliphatic carbocycles. The number of likely N-dealkylation sites (tertiary alicyclic amines) is 1. The van der Waals surface area contributed by atoms with Crippen molar-refractivity contribution in [3.8, 4) is 11.8 Å². The minimum atomic E-state index is -0.292. The minimum Gasteiger partial charge on any atom is -0.485 e. The SMILES string of the molecule is N#CC1c2ccccc2OC(CCCN2CCCCCC2)c2ccc(Br)cc21. The Balaban J connectivity index is 1.57. The molecule has 0 spiro atoms. The fourth-order valence-electron chi connectivity index (χ4n) is 4.51. The zero-order chi connectivity index (χ0) is 19.3. The Labute approximate surface area is 176 Å². The van der Waals surface area contributed by atoms with Crippen LogP contribution in [0.1, 0.15) is 67.2 Å². The number of halogens is 1. The molecule has 2 aliphatic rings. The lowest BCUT2D eigenvalue weighted by Gasteiger charge is -2.23. The molecule has 1 saturated heterocycles. The maximum atomic E-state index is 9.93. The Kier molecular flexibility index (Phi) is 6.34. The lowest BCUT2D eigenvalue weighted by atomic mass is 9.87. The maximum absolute atomic E-state index is 9.93. The lowest BCUT2D eigenvalue weighted by molar-refractivity contribution is 0.180. The van der Waals surface area contributed by atoms with E-state index in [1.54, 1.807) is 0 Å².